The Morgan fingerprint density at radius 1 is 0.914 bits per heavy atom. The Kier molecular flexibility index (Phi) is 5.58. The van der Waals surface area contributed by atoms with Gasteiger partial charge in [-0.3, -0.25) is 5.41 Å². The third-order valence-electron chi connectivity index (χ3n) is 5.96. The van der Waals surface area contributed by atoms with Crippen LogP contribution in [-0.2, 0) is 6.54 Å². The van der Waals surface area contributed by atoms with Gasteiger partial charge < -0.3 is 24.9 Å². The molecular weight excluding hydrogens is 442 g/mol. The van der Waals surface area contributed by atoms with Crippen molar-refractivity contribution in [1.82, 2.24) is 4.57 Å². The molecule has 0 unspecified atom stereocenters. The second-order valence-corrected chi connectivity index (χ2v) is 8.19. The molecule has 0 atom stereocenters. The number of methoxy groups -OCH3 is 1. The Labute approximate surface area is 201 Å². The smallest absolute Gasteiger partial charge is 0.352 e. The third-order valence-corrected chi connectivity index (χ3v) is 5.96. The largest absolute Gasteiger partial charge is 0.497 e. The van der Waals surface area contributed by atoms with Crippen molar-refractivity contribution >= 4 is 33.5 Å². The molecule has 7 nitrogen and oxygen atoms in total. The second kappa shape index (κ2) is 8.87. The molecule has 35 heavy (non-hydrogen) atoms. The maximum absolute atomic E-state index is 12.1. The molecule has 7 heteroatoms. The molecule has 0 saturated carbocycles. The number of amidine groups is 1. The van der Waals surface area contributed by atoms with Crippen molar-refractivity contribution in [3.05, 3.63) is 102 Å². The summed E-state index contributed by atoms with van der Waals surface area (Å²) in [7, 11) is 1.60. The van der Waals surface area contributed by atoms with Crippen LogP contribution in [0.4, 0.5) is 0 Å². The highest BCUT2D eigenvalue weighted by atomic mass is 16.5. The molecule has 0 radical (unpaired) electrons. The lowest BCUT2D eigenvalue weighted by molar-refractivity contribution is 0.0686. The molecule has 1 heterocycles. The van der Waals surface area contributed by atoms with E-state index in [-0.39, 0.29) is 11.5 Å². The molecule has 0 bridgehead atoms. The van der Waals surface area contributed by atoms with Gasteiger partial charge in [0.25, 0.3) is 0 Å². The van der Waals surface area contributed by atoms with Crippen LogP contribution in [0.3, 0.4) is 0 Å². The Bertz CT molecular complexity index is 1600. The van der Waals surface area contributed by atoms with Crippen LogP contribution in [0.15, 0.2) is 84.9 Å². The maximum atomic E-state index is 12.1. The number of rotatable bonds is 7. The summed E-state index contributed by atoms with van der Waals surface area (Å²) in [4.78, 5) is 12.1. The van der Waals surface area contributed by atoms with Crippen molar-refractivity contribution in [3.8, 4) is 17.2 Å². The SMILES string of the molecule is COc1cccc(Oc2cc(Cn3c(C(=O)O)cc4ccc(C(=N)N)cc43)c3ccccc3c2)c1. The minimum absolute atomic E-state index is 0.0735. The summed E-state index contributed by atoms with van der Waals surface area (Å²) in [6, 6.07) is 26.0. The number of aromatic carboxylic acids is 1. The van der Waals surface area contributed by atoms with Crippen LogP contribution in [0, 0.1) is 5.41 Å². The Hall–Kier alpha value is -4.78. The van der Waals surface area contributed by atoms with E-state index in [4.69, 9.17) is 20.6 Å². The summed E-state index contributed by atoms with van der Waals surface area (Å²) in [6.45, 7) is 0.294. The fraction of sp³-hybridized carbons (Fsp3) is 0.0714. The molecule has 0 fully saturated rings. The van der Waals surface area contributed by atoms with Gasteiger partial charge in [0.2, 0.25) is 0 Å². The van der Waals surface area contributed by atoms with Crippen molar-refractivity contribution < 1.29 is 19.4 Å². The zero-order chi connectivity index (χ0) is 24.5. The van der Waals surface area contributed by atoms with E-state index >= 15 is 0 Å². The van der Waals surface area contributed by atoms with E-state index in [9.17, 15) is 9.90 Å². The number of fused-ring (bicyclic) bond motifs is 2. The average Bonchev–Trinajstić information content (AvgIpc) is 3.22. The minimum atomic E-state index is -1.03. The van der Waals surface area contributed by atoms with Crippen LogP contribution in [0.2, 0.25) is 0 Å². The van der Waals surface area contributed by atoms with Gasteiger partial charge in [-0.2, -0.15) is 0 Å². The quantitative estimate of drug-likeness (QED) is 0.213. The van der Waals surface area contributed by atoms with Crippen molar-refractivity contribution in [2.45, 2.75) is 6.54 Å². The highest BCUT2D eigenvalue weighted by molar-refractivity contribution is 6.01. The van der Waals surface area contributed by atoms with E-state index in [1.165, 1.54) is 0 Å². The fourth-order valence-corrected chi connectivity index (χ4v) is 4.29. The lowest BCUT2D eigenvalue weighted by atomic mass is 10.0. The molecule has 5 aromatic rings. The summed E-state index contributed by atoms with van der Waals surface area (Å²) in [5, 5.41) is 20.4. The van der Waals surface area contributed by atoms with Crippen molar-refractivity contribution in [2.75, 3.05) is 7.11 Å². The summed E-state index contributed by atoms with van der Waals surface area (Å²) >= 11 is 0. The number of aromatic nitrogens is 1. The first-order chi connectivity index (χ1) is 16.9. The molecule has 0 aliphatic carbocycles. The van der Waals surface area contributed by atoms with Crippen molar-refractivity contribution in [2.24, 2.45) is 5.73 Å². The fourth-order valence-electron chi connectivity index (χ4n) is 4.29. The van der Waals surface area contributed by atoms with Crippen LogP contribution < -0.4 is 15.2 Å². The van der Waals surface area contributed by atoms with Gasteiger partial charge in [0.15, 0.2) is 0 Å². The van der Waals surface area contributed by atoms with E-state index in [1.54, 1.807) is 42.0 Å². The molecule has 174 valence electrons. The molecule has 0 aliphatic heterocycles. The number of nitrogens with one attached hydrogen (secondary N) is 1. The number of nitrogens with two attached hydrogens (primary N) is 1. The number of ether oxygens (including phenoxy) is 2. The molecule has 1 aromatic heterocycles. The van der Waals surface area contributed by atoms with Crippen LogP contribution in [0.5, 0.6) is 17.2 Å². The summed E-state index contributed by atoms with van der Waals surface area (Å²) in [6.07, 6.45) is 0. The number of carboxylic acid groups (broad SMARTS) is 1. The summed E-state index contributed by atoms with van der Waals surface area (Å²) < 4.78 is 13.2. The predicted molar refractivity (Wildman–Crippen MR) is 136 cm³/mol. The predicted octanol–water partition coefficient (Wildman–Crippen LogP) is 5.63. The number of hydrogen-bond donors (Lipinski definition) is 3. The number of nitrogens with zero attached hydrogens (tertiary/aromatic N) is 1. The molecule has 0 saturated heterocycles. The van der Waals surface area contributed by atoms with E-state index in [0.717, 1.165) is 21.7 Å². The Balaban J connectivity index is 1.64. The van der Waals surface area contributed by atoms with E-state index in [2.05, 4.69) is 0 Å². The van der Waals surface area contributed by atoms with Gasteiger partial charge in [-0.1, -0.05) is 42.5 Å². The van der Waals surface area contributed by atoms with E-state index in [0.29, 0.717) is 34.9 Å². The highest BCUT2D eigenvalue weighted by Gasteiger charge is 2.17. The number of hydrogen-bond acceptors (Lipinski definition) is 4. The van der Waals surface area contributed by atoms with E-state index < -0.39 is 5.97 Å². The lowest BCUT2D eigenvalue weighted by Crippen LogP contribution is -2.12. The third kappa shape index (κ3) is 4.27. The molecule has 5 rings (SSSR count). The summed E-state index contributed by atoms with van der Waals surface area (Å²) in [5.74, 6) is 0.850. The monoisotopic (exact) mass is 465 g/mol. The normalized spacial score (nSPS) is 11.0. The highest BCUT2D eigenvalue weighted by Crippen LogP contribution is 2.32. The topological polar surface area (TPSA) is 111 Å². The Morgan fingerprint density at radius 3 is 2.49 bits per heavy atom. The van der Waals surface area contributed by atoms with Gasteiger partial charge in [0.1, 0.15) is 28.8 Å². The van der Waals surface area contributed by atoms with Crippen LogP contribution in [0.25, 0.3) is 21.7 Å². The zero-order valence-electron chi connectivity index (χ0n) is 19.0. The van der Waals surface area contributed by atoms with E-state index in [1.807, 2.05) is 54.6 Å². The first kappa shape index (κ1) is 22.0. The maximum Gasteiger partial charge on any atom is 0.352 e. The van der Waals surface area contributed by atoms with Gasteiger partial charge >= 0.3 is 5.97 Å². The standard InChI is InChI=1S/C28H23N3O4/c1-34-21-6-4-7-22(15-21)35-23-11-17-5-2-3-8-24(17)20(12-23)16-31-25-14-19(27(29)30)10-9-18(25)13-26(31)28(32)33/h2-15H,16H2,1H3,(H3,29,30)(H,32,33). The number of carbonyl (C=O) groups is 1. The molecule has 4 aromatic carbocycles. The van der Waals surface area contributed by atoms with Crippen LogP contribution in [0.1, 0.15) is 21.6 Å². The molecule has 0 aliphatic rings. The molecule has 0 spiro atoms. The van der Waals surface area contributed by atoms with Gasteiger partial charge in [-0.05, 0) is 52.7 Å². The first-order valence-electron chi connectivity index (χ1n) is 11.0. The molecular formula is C28H23N3O4. The first-order valence-corrected chi connectivity index (χ1v) is 11.0. The van der Waals surface area contributed by atoms with Crippen molar-refractivity contribution in [3.63, 3.8) is 0 Å². The molecule has 4 N–H and O–H groups in total. The van der Waals surface area contributed by atoms with Gasteiger partial charge in [0, 0.05) is 29.1 Å². The summed E-state index contributed by atoms with van der Waals surface area (Å²) in [5.41, 5.74) is 7.98. The van der Waals surface area contributed by atoms with Crippen molar-refractivity contribution in [1.29, 1.82) is 5.41 Å². The number of nitrogen functional groups attached to an aromatic ring is 1. The van der Waals surface area contributed by atoms with Gasteiger partial charge in [0.05, 0.1) is 7.11 Å². The van der Waals surface area contributed by atoms with Crippen LogP contribution in [-0.4, -0.2) is 28.6 Å². The molecule has 0 amide bonds. The van der Waals surface area contributed by atoms with Gasteiger partial charge in [-0.15, -0.1) is 0 Å². The van der Waals surface area contributed by atoms with Gasteiger partial charge in [-0.25, -0.2) is 4.79 Å². The zero-order valence-corrected chi connectivity index (χ0v) is 19.0. The lowest BCUT2D eigenvalue weighted by Gasteiger charge is -2.15. The minimum Gasteiger partial charge on any atom is -0.497 e. The number of benzene rings is 4. The second-order valence-electron chi connectivity index (χ2n) is 8.19. The average molecular weight is 466 g/mol. The Morgan fingerprint density at radius 2 is 1.71 bits per heavy atom. The van der Waals surface area contributed by atoms with Crippen LogP contribution >= 0.6 is 0 Å². The number of carboxylic acids is 1.